The quantitative estimate of drug-likeness (QED) is 0.520. The van der Waals surface area contributed by atoms with Gasteiger partial charge in [-0.1, -0.05) is 12.1 Å². The molecular weight excluding hydrogens is 258 g/mol. The summed E-state index contributed by atoms with van der Waals surface area (Å²) in [4.78, 5) is 13.8. The Morgan fingerprint density at radius 2 is 2.05 bits per heavy atom. The highest BCUT2D eigenvalue weighted by Crippen LogP contribution is 2.11. The van der Waals surface area contributed by atoms with Crippen LogP contribution in [0.4, 0.5) is 11.5 Å². The largest absolute Gasteiger partial charge is 0.287 e. The van der Waals surface area contributed by atoms with E-state index < -0.39 is 4.92 Å². The summed E-state index contributed by atoms with van der Waals surface area (Å²) in [7, 11) is 0. The Bertz CT molecular complexity index is 671. The fraction of sp³-hybridized carbons (Fsp3) is 0. The number of nitrogens with one attached hydrogen (secondary N) is 1. The van der Waals surface area contributed by atoms with Crippen LogP contribution in [0, 0.1) is 21.4 Å². The minimum Gasteiger partial charge on any atom is -0.261 e. The topological polar surface area (TPSA) is 104 Å². The van der Waals surface area contributed by atoms with Crippen LogP contribution >= 0.6 is 0 Å². The van der Waals surface area contributed by atoms with Gasteiger partial charge in [-0.2, -0.15) is 10.4 Å². The molecule has 0 aliphatic rings. The minimum atomic E-state index is -0.517. The second-order valence-electron chi connectivity index (χ2n) is 3.76. The maximum Gasteiger partial charge on any atom is 0.287 e. The van der Waals surface area contributed by atoms with Crippen molar-refractivity contribution in [1.82, 2.24) is 4.98 Å². The van der Waals surface area contributed by atoms with E-state index in [0.29, 0.717) is 11.4 Å². The standard InChI is InChI=1S/C13H9N5O2/c14-7-10-1-3-11(4-2-10)8-16-17-13-6-5-12(9-15-13)18(19)20/h1-6,8-9H,(H,15,17)/b16-8+. The summed E-state index contributed by atoms with van der Waals surface area (Å²) in [5, 5.41) is 23.1. The first-order valence-electron chi connectivity index (χ1n) is 5.59. The Morgan fingerprint density at radius 1 is 1.30 bits per heavy atom. The number of hydrogen-bond donors (Lipinski definition) is 1. The molecule has 7 heteroatoms. The number of rotatable bonds is 4. The van der Waals surface area contributed by atoms with E-state index in [0.717, 1.165) is 11.8 Å². The molecule has 0 saturated carbocycles. The van der Waals surface area contributed by atoms with Crippen molar-refractivity contribution in [2.45, 2.75) is 0 Å². The van der Waals surface area contributed by atoms with E-state index in [1.54, 1.807) is 30.5 Å². The molecule has 0 spiro atoms. The second kappa shape index (κ2) is 6.06. The van der Waals surface area contributed by atoms with Gasteiger partial charge in [0.05, 0.1) is 22.8 Å². The first-order chi connectivity index (χ1) is 9.69. The Morgan fingerprint density at radius 3 is 2.60 bits per heavy atom. The molecule has 0 bridgehead atoms. The Kier molecular flexibility index (Phi) is 3.99. The number of hydrazone groups is 1. The summed E-state index contributed by atoms with van der Waals surface area (Å²) in [6, 6.07) is 11.7. The van der Waals surface area contributed by atoms with Crippen molar-refractivity contribution in [3.63, 3.8) is 0 Å². The van der Waals surface area contributed by atoms with Crippen molar-refractivity contribution in [3.8, 4) is 6.07 Å². The average Bonchev–Trinajstić information content (AvgIpc) is 2.48. The molecule has 1 N–H and O–H groups in total. The van der Waals surface area contributed by atoms with Crippen LogP contribution in [0.2, 0.25) is 0 Å². The van der Waals surface area contributed by atoms with Crippen LogP contribution in [-0.2, 0) is 0 Å². The second-order valence-corrected chi connectivity index (χ2v) is 3.76. The molecule has 7 nitrogen and oxygen atoms in total. The third kappa shape index (κ3) is 3.36. The zero-order valence-electron chi connectivity index (χ0n) is 10.2. The number of anilines is 1. The molecule has 20 heavy (non-hydrogen) atoms. The van der Waals surface area contributed by atoms with Gasteiger partial charge in [0.25, 0.3) is 5.69 Å². The zero-order chi connectivity index (χ0) is 14.4. The number of nitro groups is 1. The maximum atomic E-state index is 10.5. The molecule has 2 rings (SSSR count). The molecule has 0 unspecified atom stereocenters. The average molecular weight is 267 g/mol. The molecule has 1 heterocycles. The van der Waals surface area contributed by atoms with Gasteiger partial charge in [-0.25, -0.2) is 4.98 Å². The Hall–Kier alpha value is -3.27. The van der Waals surface area contributed by atoms with Gasteiger partial charge in [-0.15, -0.1) is 0 Å². The molecule has 2 aromatic rings. The van der Waals surface area contributed by atoms with Gasteiger partial charge < -0.3 is 0 Å². The molecule has 1 aromatic carbocycles. The minimum absolute atomic E-state index is 0.0772. The molecule has 0 aliphatic heterocycles. The van der Waals surface area contributed by atoms with E-state index in [1.807, 2.05) is 6.07 Å². The van der Waals surface area contributed by atoms with Crippen LogP contribution < -0.4 is 5.43 Å². The highest BCUT2D eigenvalue weighted by atomic mass is 16.6. The number of pyridine rings is 1. The number of aromatic nitrogens is 1. The normalized spacial score (nSPS) is 10.2. The van der Waals surface area contributed by atoms with Crippen molar-refractivity contribution < 1.29 is 4.92 Å². The monoisotopic (exact) mass is 267 g/mol. The smallest absolute Gasteiger partial charge is 0.261 e. The highest BCUT2D eigenvalue weighted by Gasteiger charge is 2.04. The van der Waals surface area contributed by atoms with Crippen LogP contribution in [0.15, 0.2) is 47.7 Å². The van der Waals surface area contributed by atoms with Crippen molar-refractivity contribution >= 4 is 17.7 Å². The van der Waals surface area contributed by atoms with Crippen molar-refractivity contribution in [2.24, 2.45) is 5.10 Å². The van der Waals surface area contributed by atoms with Crippen LogP contribution in [0.25, 0.3) is 0 Å². The molecule has 0 amide bonds. The lowest BCUT2D eigenvalue weighted by atomic mass is 10.2. The molecule has 0 radical (unpaired) electrons. The maximum absolute atomic E-state index is 10.5. The summed E-state index contributed by atoms with van der Waals surface area (Å²) in [6.07, 6.45) is 2.71. The van der Waals surface area contributed by atoms with Crippen molar-refractivity contribution in [1.29, 1.82) is 5.26 Å². The van der Waals surface area contributed by atoms with Gasteiger partial charge in [0.1, 0.15) is 12.0 Å². The van der Waals surface area contributed by atoms with Gasteiger partial charge in [-0.05, 0) is 23.8 Å². The van der Waals surface area contributed by atoms with Crippen LogP contribution in [0.5, 0.6) is 0 Å². The molecule has 0 saturated heterocycles. The zero-order valence-corrected chi connectivity index (χ0v) is 10.2. The number of nitriles is 1. The number of hydrogen-bond acceptors (Lipinski definition) is 6. The van der Waals surface area contributed by atoms with E-state index in [2.05, 4.69) is 15.5 Å². The number of nitrogens with zero attached hydrogens (tertiary/aromatic N) is 4. The fourth-order valence-corrected chi connectivity index (χ4v) is 1.38. The molecule has 0 fully saturated rings. The molecule has 0 aliphatic carbocycles. The molecule has 98 valence electrons. The Labute approximate surface area is 114 Å². The van der Waals surface area contributed by atoms with Gasteiger partial charge in [0.15, 0.2) is 0 Å². The number of benzene rings is 1. The van der Waals surface area contributed by atoms with Gasteiger partial charge in [0, 0.05) is 6.07 Å². The van der Waals surface area contributed by atoms with Crippen LogP contribution in [-0.4, -0.2) is 16.1 Å². The fourth-order valence-electron chi connectivity index (χ4n) is 1.38. The molecule has 0 atom stereocenters. The Balaban J connectivity index is 1.98. The van der Waals surface area contributed by atoms with E-state index in [4.69, 9.17) is 5.26 Å². The summed E-state index contributed by atoms with van der Waals surface area (Å²) in [5.41, 5.74) is 3.98. The molecule has 1 aromatic heterocycles. The summed E-state index contributed by atoms with van der Waals surface area (Å²) < 4.78 is 0. The van der Waals surface area contributed by atoms with E-state index in [9.17, 15) is 10.1 Å². The van der Waals surface area contributed by atoms with E-state index in [1.165, 1.54) is 12.1 Å². The van der Waals surface area contributed by atoms with E-state index >= 15 is 0 Å². The van der Waals surface area contributed by atoms with Gasteiger partial charge in [0.2, 0.25) is 0 Å². The van der Waals surface area contributed by atoms with Gasteiger partial charge in [-0.3, -0.25) is 15.5 Å². The predicted octanol–water partition coefficient (Wildman–Crippen LogP) is 2.31. The first kappa shape index (κ1) is 13.2. The van der Waals surface area contributed by atoms with Crippen molar-refractivity contribution in [2.75, 3.05) is 5.43 Å². The van der Waals surface area contributed by atoms with Crippen LogP contribution in [0.1, 0.15) is 11.1 Å². The van der Waals surface area contributed by atoms with Gasteiger partial charge >= 0.3 is 0 Å². The summed E-state index contributed by atoms with van der Waals surface area (Å²) in [6.45, 7) is 0. The van der Waals surface area contributed by atoms with Crippen LogP contribution in [0.3, 0.4) is 0 Å². The summed E-state index contributed by atoms with van der Waals surface area (Å²) in [5.74, 6) is 0.403. The third-order valence-electron chi connectivity index (χ3n) is 2.39. The predicted molar refractivity (Wildman–Crippen MR) is 73.3 cm³/mol. The summed E-state index contributed by atoms with van der Waals surface area (Å²) >= 11 is 0. The lowest BCUT2D eigenvalue weighted by Gasteiger charge is -1.98. The molecular formula is C13H9N5O2. The third-order valence-corrected chi connectivity index (χ3v) is 2.39. The van der Waals surface area contributed by atoms with E-state index in [-0.39, 0.29) is 5.69 Å². The SMILES string of the molecule is N#Cc1ccc(/C=N/Nc2ccc([N+](=O)[O-])cn2)cc1. The van der Waals surface area contributed by atoms with Crippen molar-refractivity contribution in [3.05, 3.63) is 63.8 Å². The lowest BCUT2D eigenvalue weighted by Crippen LogP contribution is -1.95. The first-order valence-corrected chi connectivity index (χ1v) is 5.59. The highest BCUT2D eigenvalue weighted by molar-refractivity contribution is 5.80. The lowest BCUT2D eigenvalue weighted by molar-refractivity contribution is -0.385.